The summed E-state index contributed by atoms with van der Waals surface area (Å²) in [5.41, 5.74) is 1.14. The molecule has 0 saturated carbocycles. The number of hydrogen-bond acceptors (Lipinski definition) is 8. The first-order valence-corrected chi connectivity index (χ1v) is 12.2. The molecule has 0 aliphatic rings. The molecule has 8 nitrogen and oxygen atoms in total. The largest absolute Gasteiger partial charge is 0.491 e. The Hall–Kier alpha value is -3.15. The zero-order valence-corrected chi connectivity index (χ0v) is 20.7. The first-order valence-electron chi connectivity index (χ1n) is 9.75. The fraction of sp³-hybridized carbons (Fsp3) is 0.136. The van der Waals surface area contributed by atoms with Crippen molar-refractivity contribution in [3.05, 3.63) is 79.6 Å². The number of thiazole rings is 1. The van der Waals surface area contributed by atoms with E-state index in [4.69, 9.17) is 4.74 Å². The molecule has 0 unspecified atom stereocenters. The molecule has 11 heteroatoms. The van der Waals surface area contributed by atoms with E-state index in [1.807, 2.05) is 32.0 Å². The topological polar surface area (TPSA) is 97.9 Å². The van der Waals surface area contributed by atoms with Crippen LogP contribution >= 0.6 is 38.6 Å². The number of thiophene rings is 1. The van der Waals surface area contributed by atoms with Crippen molar-refractivity contribution >= 4 is 71.1 Å². The number of rotatable bonds is 7. The van der Waals surface area contributed by atoms with Gasteiger partial charge in [0, 0.05) is 16.1 Å². The highest BCUT2D eigenvalue weighted by atomic mass is 79.9. The molecule has 168 valence electrons. The Morgan fingerprint density at radius 2 is 1.94 bits per heavy atom. The SMILES string of the molecule is CC(C)Oc1ccc(C(=O)N(/N=C/c2ccc([N+](=O)[O-])s2)c2nc3ccc(Br)cc3s2)cc1. The van der Waals surface area contributed by atoms with E-state index in [1.54, 1.807) is 30.3 Å². The third kappa shape index (κ3) is 5.44. The van der Waals surface area contributed by atoms with Crippen LogP contribution < -0.4 is 9.75 Å². The maximum Gasteiger partial charge on any atom is 0.324 e. The molecular formula is C22H17BrN4O4S2. The zero-order chi connectivity index (χ0) is 23.5. The number of fused-ring (bicyclic) bond motifs is 1. The van der Waals surface area contributed by atoms with Crippen LogP contribution in [-0.4, -0.2) is 28.1 Å². The number of ether oxygens (including phenoxy) is 1. The molecular weight excluding hydrogens is 528 g/mol. The van der Waals surface area contributed by atoms with Crippen molar-refractivity contribution in [3.8, 4) is 5.75 Å². The number of aromatic nitrogens is 1. The average molecular weight is 545 g/mol. The molecule has 0 saturated heterocycles. The third-order valence-electron chi connectivity index (χ3n) is 4.28. The zero-order valence-electron chi connectivity index (χ0n) is 17.5. The summed E-state index contributed by atoms with van der Waals surface area (Å²) in [7, 11) is 0. The van der Waals surface area contributed by atoms with E-state index in [-0.39, 0.29) is 17.0 Å². The smallest absolute Gasteiger partial charge is 0.324 e. The van der Waals surface area contributed by atoms with Crippen LogP contribution in [0, 0.1) is 10.1 Å². The minimum atomic E-state index is -0.461. The molecule has 0 fully saturated rings. The molecule has 33 heavy (non-hydrogen) atoms. The summed E-state index contributed by atoms with van der Waals surface area (Å²) < 4.78 is 7.44. The molecule has 0 aliphatic heterocycles. The molecule has 4 aromatic rings. The Bertz CT molecular complexity index is 1350. The Balaban J connectivity index is 1.70. The van der Waals surface area contributed by atoms with Gasteiger partial charge in [0.05, 0.1) is 32.3 Å². The Morgan fingerprint density at radius 3 is 2.61 bits per heavy atom. The molecule has 0 spiro atoms. The second-order valence-corrected chi connectivity index (χ2v) is 10.1. The molecule has 1 amide bonds. The van der Waals surface area contributed by atoms with Gasteiger partial charge in [-0.2, -0.15) is 10.1 Å². The van der Waals surface area contributed by atoms with Crippen molar-refractivity contribution in [1.29, 1.82) is 0 Å². The van der Waals surface area contributed by atoms with Gasteiger partial charge in [0.1, 0.15) is 5.75 Å². The second-order valence-electron chi connectivity index (χ2n) is 7.09. The number of benzene rings is 2. The van der Waals surface area contributed by atoms with E-state index < -0.39 is 4.92 Å². The van der Waals surface area contributed by atoms with Crippen molar-refractivity contribution in [3.63, 3.8) is 0 Å². The van der Waals surface area contributed by atoms with E-state index in [1.165, 1.54) is 28.6 Å². The van der Waals surface area contributed by atoms with E-state index in [0.717, 1.165) is 26.0 Å². The number of anilines is 1. The molecule has 0 bridgehead atoms. The van der Waals surface area contributed by atoms with Crippen molar-refractivity contribution < 1.29 is 14.5 Å². The van der Waals surface area contributed by atoms with E-state index in [0.29, 0.717) is 21.3 Å². The minimum Gasteiger partial charge on any atom is -0.491 e. The lowest BCUT2D eigenvalue weighted by molar-refractivity contribution is -0.380. The average Bonchev–Trinajstić information content (AvgIpc) is 3.41. The van der Waals surface area contributed by atoms with Gasteiger partial charge in [0.15, 0.2) is 0 Å². The van der Waals surface area contributed by atoms with Crippen LogP contribution in [0.1, 0.15) is 29.1 Å². The fourth-order valence-electron chi connectivity index (χ4n) is 2.86. The summed E-state index contributed by atoms with van der Waals surface area (Å²) in [6, 6.07) is 15.4. The number of amides is 1. The summed E-state index contributed by atoms with van der Waals surface area (Å²) in [4.78, 5) is 29.0. The molecule has 2 aromatic carbocycles. The molecule has 0 radical (unpaired) electrons. The van der Waals surface area contributed by atoms with Crippen molar-refractivity contribution in [2.45, 2.75) is 20.0 Å². The van der Waals surface area contributed by atoms with Crippen LogP contribution in [0.5, 0.6) is 5.75 Å². The highest BCUT2D eigenvalue weighted by Crippen LogP contribution is 2.32. The van der Waals surface area contributed by atoms with Crippen LogP contribution in [0.25, 0.3) is 10.2 Å². The van der Waals surface area contributed by atoms with E-state index in [9.17, 15) is 14.9 Å². The molecule has 4 rings (SSSR count). The molecule has 2 aromatic heterocycles. The lowest BCUT2D eigenvalue weighted by Gasteiger charge is -2.14. The van der Waals surface area contributed by atoms with Crippen LogP contribution in [0.15, 0.2) is 64.2 Å². The van der Waals surface area contributed by atoms with Gasteiger partial charge < -0.3 is 4.74 Å². The summed E-state index contributed by atoms with van der Waals surface area (Å²) in [5, 5.41) is 16.9. The predicted octanol–water partition coefficient (Wildman–Crippen LogP) is 6.50. The number of hydrogen-bond donors (Lipinski definition) is 0. The van der Waals surface area contributed by atoms with Gasteiger partial charge in [-0.1, -0.05) is 38.6 Å². The number of halogens is 1. The van der Waals surface area contributed by atoms with Crippen LogP contribution in [0.2, 0.25) is 0 Å². The highest BCUT2D eigenvalue weighted by molar-refractivity contribution is 9.10. The number of nitrogens with zero attached hydrogens (tertiary/aromatic N) is 4. The van der Waals surface area contributed by atoms with Crippen molar-refractivity contribution in [2.24, 2.45) is 5.10 Å². The molecule has 0 aliphatic carbocycles. The van der Waals surface area contributed by atoms with Crippen LogP contribution in [0.4, 0.5) is 10.1 Å². The molecule has 0 N–H and O–H groups in total. The van der Waals surface area contributed by atoms with E-state index in [2.05, 4.69) is 26.0 Å². The maximum absolute atomic E-state index is 13.4. The Labute approximate surface area is 205 Å². The van der Waals surface area contributed by atoms with E-state index >= 15 is 0 Å². The van der Waals surface area contributed by atoms with Gasteiger partial charge in [-0.25, -0.2) is 4.98 Å². The van der Waals surface area contributed by atoms with Gasteiger partial charge in [-0.15, -0.1) is 0 Å². The quantitative estimate of drug-likeness (QED) is 0.150. The minimum absolute atomic E-state index is 0.0000879. The Morgan fingerprint density at radius 1 is 1.18 bits per heavy atom. The van der Waals surface area contributed by atoms with Gasteiger partial charge in [0.2, 0.25) is 5.13 Å². The Kier molecular flexibility index (Phi) is 6.82. The third-order valence-corrected chi connectivity index (χ3v) is 6.74. The monoisotopic (exact) mass is 544 g/mol. The fourth-order valence-corrected chi connectivity index (χ4v) is 5.02. The number of hydrazone groups is 1. The first-order chi connectivity index (χ1) is 15.8. The number of carbonyl (C=O) groups excluding carboxylic acids is 1. The lowest BCUT2D eigenvalue weighted by atomic mass is 10.2. The molecule has 2 heterocycles. The summed E-state index contributed by atoms with van der Waals surface area (Å²) in [6.45, 7) is 3.85. The van der Waals surface area contributed by atoms with Gasteiger partial charge in [-0.3, -0.25) is 14.9 Å². The van der Waals surface area contributed by atoms with Gasteiger partial charge in [-0.05, 0) is 62.4 Å². The van der Waals surface area contributed by atoms with Crippen molar-refractivity contribution in [1.82, 2.24) is 4.98 Å². The van der Waals surface area contributed by atoms with Crippen molar-refractivity contribution in [2.75, 3.05) is 5.01 Å². The number of nitro groups is 1. The summed E-state index contributed by atoms with van der Waals surface area (Å²) >= 11 is 5.74. The summed E-state index contributed by atoms with van der Waals surface area (Å²) in [6.07, 6.45) is 1.44. The normalized spacial score (nSPS) is 11.4. The van der Waals surface area contributed by atoms with Crippen LogP contribution in [0.3, 0.4) is 0 Å². The van der Waals surface area contributed by atoms with Gasteiger partial charge in [0.25, 0.3) is 5.91 Å². The number of carbonyl (C=O) groups is 1. The van der Waals surface area contributed by atoms with Gasteiger partial charge >= 0.3 is 5.00 Å². The summed E-state index contributed by atoms with van der Waals surface area (Å²) in [5.74, 6) is 0.277. The lowest BCUT2D eigenvalue weighted by Crippen LogP contribution is -2.25. The first kappa shape index (κ1) is 23.0. The maximum atomic E-state index is 13.4. The van der Waals surface area contributed by atoms with Crippen LogP contribution in [-0.2, 0) is 0 Å². The second kappa shape index (κ2) is 9.77. The molecule has 0 atom stereocenters. The predicted molar refractivity (Wildman–Crippen MR) is 135 cm³/mol. The standard InChI is InChI=1S/C22H17BrN4O4S2/c1-13(2)31-16-6-3-14(4-7-16)21(28)26(24-12-17-8-10-20(32-17)27(29)30)22-25-18-9-5-15(23)11-19(18)33-22/h3-13H,1-2H3/b24-12+. The highest BCUT2D eigenvalue weighted by Gasteiger charge is 2.21.